The van der Waals surface area contributed by atoms with E-state index in [1.807, 2.05) is 42.0 Å². The van der Waals surface area contributed by atoms with Crippen LogP contribution in [0.25, 0.3) is 16.5 Å². The van der Waals surface area contributed by atoms with Gasteiger partial charge >= 0.3 is 0 Å². The van der Waals surface area contributed by atoms with Gasteiger partial charge in [0.15, 0.2) is 0 Å². The average Bonchev–Trinajstić information content (AvgIpc) is 2.96. The summed E-state index contributed by atoms with van der Waals surface area (Å²) in [4.78, 5) is 4.36. The molecule has 3 rings (SSSR count). The molecule has 90 valence electrons. The molecule has 0 saturated carbocycles. The summed E-state index contributed by atoms with van der Waals surface area (Å²) in [6.07, 6.45) is 3.62. The summed E-state index contributed by atoms with van der Waals surface area (Å²) in [6.45, 7) is 1.93. The van der Waals surface area contributed by atoms with Gasteiger partial charge in [-0.25, -0.2) is 4.98 Å². The molecule has 6 heteroatoms. The van der Waals surface area contributed by atoms with Gasteiger partial charge in [-0.1, -0.05) is 23.5 Å². The molecule has 0 aliphatic carbocycles. The van der Waals surface area contributed by atoms with E-state index in [0.29, 0.717) is 0 Å². The van der Waals surface area contributed by atoms with Crippen molar-refractivity contribution in [3.05, 3.63) is 41.7 Å². The molecule has 0 bridgehead atoms. The summed E-state index contributed by atoms with van der Waals surface area (Å²) < 4.78 is 1.92. The first-order valence-electron chi connectivity index (χ1n) is 5.44. The van der Waals surface area contributed by atoms with E-state index >= 15 is 0 Å². The number of nitrogens with zero attached hydrogens (tertiary/aromatic N) is 4. The Labute approximate surface area is 108 Å². The fraction of sp³-hybridized carbons (Fsp3) is 0.0833. The Morgan fingerprint density at radius 3 is 2.89 bits per heavy atom. The maximum atomic E-state index is 5.80. The first-order valence-corrected chi connectivity index (χ1v) is 6.25. The number of hydrogen-bond acceptors (Lipinski definition) is 5. The molecule has 2 N–H and O–H groups in total. The highest BCUT2D eigenvalue weighted by atomic mass is 32.1. The second-order valence-corrected chi connectivity index (χ2v) is 5.01. The van der Waals surface area contributed by atoms with E-state index in [4.69, 9.17) is 5.73 Å². The van der Waals surface area contributed by atoms with Crippen LogP contribution in [0.15, 0.2) is 36.7 Å². The SMILES string of the molecule is Cc1nnc(-n2ccnc2-c2cccc(N)c2)s1. The minimum atomic E-state index is 0.718. The van der Waals surface area contributed by atoms with E-state index in [0.717, 1.165) is 27.2 Å². The fourth-order valence-corrected chi connectivity index (χ4v) is 2.41. The van der Waals surface area contributed by atoms with Gasteiger partial charge in [0.25, 0.3) is 0 Å². The highest BCUT2D eigenvalue weighted by Gasteiger charge is 2.10. The molecule has 0 aliphatic rings. The standard InChI is InChI=1S/C12H11N5S/c1-8-15-16-12(18-8)17-6-5-14-11(17)9-3-2-4-10(13)7-9/h2-7H,13H2,1H3. The lowest BCUT2D eigenvalue weighted by Crippen LogP contribution is -1.96. The van der Waals surface area contributed by atoms with Crippen molar-refractivity contribution < 1.29 is 0 Å². The molecule has 0 saturated heterocycles. The van der Waals surface area contributed by atoms with Crippen molar-refractivity contribution in [1.82, 2.24) is 19.7 Å². The van der Waals surface area contributed by atoms with Crippen LogP contribution in [0.4, 0.5) is 5.69 Å². The molecule has 1 aromatic carbocycles. The Morgan fingerprint density at radius 1 is 1.28 bits per heavy atom. The maximum absolute atomic E-state index is 5.80. The maximum Gasteiger partial charge on any atom is 0.218 e. The molecule has 0 aliphatic heterocycles. The van der Waals surface area contributed by atoms with Crippen LogP contribution >= 0.6 is 11.3 Å². The molecule has 0 atom stereocenters. The number of anilines is 1. The van der Waals surface area contributed by atoms with Crippen LogP contribution in [0, 0.1) is 6.92 Å². The largest absolute Gasteiger partial charge is 0.399 e. The Bertz CT molecular complexity index is 685. The van der Waals surface area contributed by atoms with E-state index in [1.54, 1.807) is 6.20 Å². The Balaban J connectivity index is 2.12. The lowest BCUT2D eigenvalue weighted by molar-refractivity contribution is 0.957. The summed E-state index contributed by atoms with van der Waals surface area (Å²) >= 11 is 1.53. The third-order valence-corrected chi connectivity index (χ3v) is 3.34. The highest BCUT2D eigenvalue weighted by Crippen LogP contribution is 2.24. The van der Waals surface area contributed by atoms with Crippen LogP contribution in [0.2, 0.25) is 0 Å². The molecular formula is C12H11N5S. The minimum absolute atomic E-state index is 0.718. The molecular weight excluding hydrogens is 246 g/mol. The Hall–Kier alpha value is -2.21. The van der Waals surface area contributed by atoms with Gasteiger partial charge in [-0.2, -0.15) is 0 Å². The van der Waals surface area contributed by atoms with E-state index in [2.05, 4.69) is 15.2 Å². The van der Waals surface area contributed by atoms with Crippen LogP contribution in [-0.2, 0) is 0 Å². The molecule has 0 spiro atoms. The molecule has 3 aromatic rings. The molecule has 0 unspecified atom stereocenters. The summed E-state index contributed by atoms with van der Waals surface area (Å²) in [5.74, 6) is 0.818. The van der Waals surface area contributed by atoms with E-state index in [9.17, 15) is 0 Å². The smallest absolute Gasteiger partial charge is 0.218 e. The predicted octanol–water partition coefficient (Wildman–Crippen LogP) is 2.28. The summed E-state index contributed by atoms with van der Waals surface area (Å²) in [5, 5.41) is 9.88. The second-order valence-electron chi connectivity index (χ2n) is 3.85. The number of aryl methyl sites for hydroxylation is 1. The van der Waals surface area contributed by atoms with Gasteiger partial charge in [-0.3, -0.25) is 4.57 Å². The van der Waals surface area contributed by atoms with Gasteiger partial charge in [-0.15, -0.1) is 10.2 Å². The topological polar surface area (TPSA) is 69.6 Å². The van der Waals surface area contributed by atoms with Gasteiger partial charge in [0.2, 0.25) is 5.13 Å². The van der Waals surface area contributed by atoms with Crippen molar-refractivity contribution in [3.63, 3.8) is 0 Å². The van der Waals surface area contributed by atoms with Crippen molar-refractivity contribution in [1.29, 1.82) is 0 Å². The normalized spacial score (nSPS) is 10.7. The first-order chi connectivity index (χ1) is 8.74. The number of hydrogen-bond donors (Lipinski definition) is 1. The summed E-state index contributed by atoms with van der Waals surface area (Å²) in [6, 6.07) is 7.64. The van der Waals surface area contributed by atoms with Crippen LogP contribution in [0.1, 0.15) is 5.01 Å². The minimum Gasteiger partial charge on any atom is -0.399 e. The lowest BCUT2D eigenvalue weighted by Gasteiger charge is -2.04. The Kier molecular flexibility index (Phi) is 2.56. The van der Waals surface area contributed by atoms with Gasteiger partial charge in [0.1, 0.15) is 10.8 Å². The van der Waals surface area contributed by atoms with E-state index in [-0.39, 0.29) is 0 Å². The zero-order chi connectivity index (χ0) is 12.5. The van der Waals surface area contributed by atoms with Crippen LogP contribution in [0.5, 0.6) is 0 Å². The molecule has 0 fully saturated rings. The zero-order valence-corrected chi connectivity index (χ0v) is 10.6. The number of imidazole rings is 1. The quantitative estimate of drug-likeness (QED) is 0.715. The summed E-state index contributed by atoms with van der Waals surface area (Å²) in [5.41, 5.74) is 7.48. The lowest BCUT2D eigenvalue weighted by atomic mass is 10.2. The zero-order valence-electron chi connectivity index (χ0n) is 9.74. The summed E-state index contributed by atoms with van der Waals surface area (Å²) in [7, 11) is 0. The Morgan fingerprint density at radius 2 is 2.17 bits per heavy atom. The molecule has 18 heavy (non-hydrogen) atoms. The second kappa shape index (κ2) is 4.23. The van der Waals surface area contributed by atoms with Crippen LogP contribution in [-0.4, -0.2) is 19.7 Å². The third-order valence-electron chi connectivity index (χ3n) is 2.51. The van der Waals surface area contributed by atoms with E-state index < -0.39 is 0 Å². The van der Waals surface area contributed by atoms with Crippen molar-refractivity contribution in [3.8, 4) is 16.5 Å². The number of nitrogen functional groups attached to an aromatic ring is 1. The van der Waals surface area contributed by atoms with Crippen molar-refractivity contribution >= 4 is 17.0 Å². The van der Waals surface area contributed by atoms with E-state index in [1.165, 1.54) is 11.3 Å². The monoisotopic (exact) mass is 257 g/mol. The van der Waals surface area contributed by atoms with Gasteiger partial charge in [-0.05, 0) is 19.1 Å². The molecule has 2 heterocycles. The number of rotatable bonds is 2. The number of nitrogens with two attached hydrogens (primary N) is 1. The van der Waals surface area contributed by atoms with Gasteiger partial charge in [0.05, 0.1) is 0 Å². The first kappa shape index (κ1) is 10.9. The van der Waals surface area contributed by atoms with Crippen molar-refractivity contribution in [2.24, 2.45) is 0 Å². The van der Waals surface area contributed by atoms with Crippen LogP contribution in [0.3, 0.4) is 0 Å². The third kappa shape index (κ3) is 1.86. The van der Waals surface area contributed by atoms with Crippen LogP contribution < -0.4 is 5.73 Å². The van der Waals surface area contributed by atoms with Gasteiger partial charge in [0, 0.05) is 23.6 Å². The van der Waals surface area contributed by atoms with Gasteiger partial charge < -0.3 is 5.73 Å². The average molecular weight is 257 g/mol. The number of aromatic nitrogens is 4. The van der Waals surface area contributed by atoms with Crippen molar-refractivity contribution in [2.75, 3.05) is 5.73 Å². The fourth-order valence-electron chi connectivity index (χ4n) is 1.73. The molecule has 2 aromatic heterocycles. The molecule has 5 nitrogen and oxygen atoms in total. The highest BCUT2D eigenvalue weighted by molar-refractivity contribution is 7.13. The predicted molar refractivity (Wildman–Crippen MR) is 71.6 cm³/mol. The molecule has 0 amide bonds. The van der Waals surface area contributed by atoms with Crippen molar-refractivity contribution in [2.45, 2.75) is 6.92 Å². The molecule has 0 radical (unpaired) electrons. The number of benzene rings is 1.